The highest BCUT2D eigenvalue weighted by atomic mass is 32.1. The lowest BCUT2D eigenvalue weighted by atomic mass is 10.2. The van der Waals surface area contributed by atoms with E-state index in [1.807, 2.05) is 25.1 Å². The highest BCUT2D eigenvalue weighted by Crippen LogP contribution is 2.10. The van der Waals surface area contributed by atoms with Crippen LogP contribution in [0, 0.1) is 6.92 Å². The van der Waals surface area contributed by atoms with Crippen LogP contribution >= 0.6 is 12.6 Å². The molecule has 0 aliphatic rings. The van der Waals surface area contributed by atoms with Crippen molar-refractivity contribution in [3.05, 3.63) is 29.6 Å². The van der Waals surface area contributed by atoms with Gasteiger partial charge in [-0.1, -0.05) is 6.08 Å². The number of nitrogen functional groups attached to an aromatic ring is 1. The van der Waals surface area contributed by atoms with Gasteiger partial charge in [-0.15, -0.1) is 0 Å². The fraction of sp³-hybridized carbons (Fsp3) is 0.222. The molecule has 0 spiro atoms. The molecule has 3 heteroatoms. The van der Waals surface area contributed by atoms with Gasteiger partial charge in [0.1, 0.15) is 0 Å². The van der Waals surface area contributed by atoms with Gasteiger partial charge in [0.25, 0.3) is 0 Å². The molecular weight excluding hydrogens is 168 g/mol. The zero-order valence-electron chi connectivity index (χ0n) is 6.99. The Morgan fingerprint density at radius 3 is 3.00 bits per heavy atom. The molecule has 1 rings (SSSR count). The summed E-state index contributed by atoms with van der Waals surface area (Å²) >= 11 is 4.06. The molecule has 0 aromatic carbocycles. The van der Waals surface area contributed by atoms with Crippen LogP contribution in [0.2, 0.25) is 0 Å². The van der Waals surface area contributed by atoms with Gasteiger partial charge in [-0.25, -0.2) is 0 Å². The molecule has 1 aromatic heterocycles. The van der Waals surface area contributed by atoms with Crippen molar-refractivity contribution < 1.29 is 0 Å². The molecular formula is C9H12N2S. The SMILES string of the molecule is Cc1cc(C=CCS)ncc1N. The second-order valence-corrected chi connectivity index (χ2v) is 2.92. The van der Waals surface area contributed by atoms with E-state index in [0.29, 0.717) is 0 Å². The number of hydrogen-bond acceptors (Lipinski definition) is 3. The third-order valence-electron chi connectivity index (χ3n) is 1.57. The summed E-state index contributed by atoms with van der Waals surface area (Å²) in [6.07, 6.45) is 5.55. The average molecular weight is 180 g/mol. The van der Waals surface area contributed by atoms with E-state index < -0.39 is 0 Å². The zero-order chi connectivity index (χ0) is 8.97. The zero-order valence-corrected chi connectivity index (χ0v) is 7.88. The predicted octanol–water partition coefficient (Wildman–Crippen LogP) is 1.92. The summed E-state index contributed by atoms with van der Waals surface area (Å²) in [4.78, 5) is 4.13. The Morgan fingerprint density at radius 2 is 2.42 bits per heavy atom. The molecule has 1 aromatic rings. The number of aromatic nitrogens is 1. The summed E-state index contributed by atoms with van der Waals surface area (Å²) in [7, 11) is 0. The Morgan fingerprint density at radius 1 is 1.67 bits per heavy atom. The fourth-order valence-corrected chi connectivity index (χ4v) is 0.958. The van der Waals surface area contributed by atoms with Crippen molar-refractivity contribution in [2.24, 2.45) is 0 Å². The highest BCUT2D eigenvalue weighted by molar-refractivity contribution is 7.80. The summed E-state index contributed by atoms with van der Waals surface area (Å²) < 4.78 is 0. The largest absolute Gasteiger partial charge is 0.397 e. The minimum Gasteiger partial charge on any atom is -0.397 e. The maximum Gasteiger partial charge on any atom is 0.0631 e. The topological polar surface area (TPSA) is 38.9 Å². The van der Waals surface area contributed by atoms with Gasteiger partial charge < -0.3 is 5.73 Å². The number of nitrogens with zero attached hydrogens (tertiary/aromatic N) is 1. The van der Waals surface area contributed by atoms with Gasteiger partial charge in [0.15, 0.2) is 0 Å². The maximum atomic E-state index is 5.62. The van der Waals surface area contributed by atoms with Crippen LogP contribution in [0.5, 0.6) is 0 Å². The van der Waals surface area contributed by atoms with Crippen molar-refractivity contribution >= 4 is 24.4 Å². The summed E-state index contributed by atoms with van der Waals surface area (Å²) in [5.41, 5.74) is 8.34. The molecule has 1 heterocycles. The number of nitrogens with two attached hydrogens (primary N) is 1. The molecule has 2 N–H and O–H groups in total. The number of hydrogen-bond donors (Lipinski definition) is 2. The number of aryl methyl sites for hydroxylation is 1. The summed E-state index contributed by atoms with van der Waals surface area (Å²) in [5.74, 6) is 0.727. The van der Waals surface area contributed by atoms with Gasteiger partial charge >= 0.3 is 0 Å². The van der Waals surface area contributed by atoms with E-state index in [-0.39, 0.29) is 0 Å². The number of pyridine rings is 1. The third kappa shape index (κ3) is 2.27. The van der Waals surface area contributed by atoms with Crippen LogP contribution in [0.25, 0.3) is 6.08 Å². The first kappa shape index (κ1) is 9.13. The lowest BCUT2D eigenvalue weighted by Crippen LogP contribution is -1.92. The van der Waals surface area contributed by atoms with E-state index in [1.54, 1.807) is 6.20 Å². The van der Waals surface area contributed by atoms with E-state index in [0.717, 1.165) is 22.7 Å². The van der Waals surface area contributed by atoms with E-state index in [9.17, 15) is 0 Å². The molecule has 0 radical (unpaired) electrons. The molecule has 0 atom stereocenters. The Kier molecular flexibility index (Phi) is 3.17. The average Bonchev–Trinajstić information content (AvgIpc) is 2.07. The quantitative estimate of drug-likeness (QED) is 0.682. The first-order valence-corrected chi connectivity index (χ1v) is 4.37. The Bertz CT molecular complexity index is 295. The van der Waals surface area contributed by atoms with Crippen molar-refractivity contribution in [2.45, 2.75) is 6.92 Å². The van der Waals surface area contributed by atoms with Crippen molar-refractivity contribution in [3.63, 3.8) is 0 Å². The molecule has 64 valence electrons. The van der Waals surface area contributed by atoms with Crippen molar-refractivity contribution in [2.75, 3.05) is 11.5 Å². The van der Waals surface area contributed by atoms with Gasteiger partial charge in [-0.05, 0) is 24.6 Å². The van der Waals surface area contributed by atoms with Gasteiger partial charge in [-0.3, -0.25) is 4.98 Å². The Balaban J connectivity index is 2.89. The minimum absolute atomic E-state index is 0.727. The molecule has 0 bridgehead atoms. The molecule has 0 saturated carbocycles. The Labute approximate surface area is 77.9 Å². The van der Waals surface area contributed by atoms with Crippen molar-refractivity contribution in [1.82, 2.24) is 4.98 Å². The smallest absolute Gasteiger partial charge is 0.0631 e. The monoisotopic (exact) mass is 180 g/mol. The molecule has 0 amide bonds. The summed E-state index contributed by atoms with van der Waals surface area (Å²) in [6.45, 7) is 1.97. The second kappa shape index (κ2) is 4.16. The molecule has 0 aliphatic carbocycles. The van der Waals surface area contributed by atoms with Crippen LogP contribution < -0.4 is 5.73 Å². The van der Waals surface area contributed by atoms with Gasteiger partial charge in [0, 0.05) is 5.75 Å². The highest BCUT2D eigenvalue weighted by Gasteiger charge is 1.93. The van der Waals surface area contributed by atoms with Gasteiger partial charge in [0.05, 0.1) is 17.6 Å². The second-order valence-electron chi connectivity index (χ2n) is 2.55. The number of anilines is 1. The van der Waals surface area contributed by atoms with Gasteiger partial charge in [-0.2, -0.15) is 12.6 Å². The van der Waals surface area contributed by atoms with Crippen LogP contribution in [-0.4, -0.2) is 10.7 Å². The standard InChI is InChI=1S/C9H12N2S/c1-7-5-8(3-2-4-12)11-6-9(7)10/h2-3,5-6,12H,4,10H2,1H3. The van der Waals surface area contributed by atoms with E-state index in [1.165, 1.54) is 0 Å². The summed E-state index contributed by atoms with van der Waals surface area (Å²) in [6, 6.07) is 1.95. The van der Waals surface area contributed by atoms with E-state index in [4.69, 9.17) is 5.73 Å². The van der Waals surface area contributed by atoms with E-state index in [2.05, 4.69) is 17.6 Å². The lowest BCUT2D eigenvalue weighted by molar-refractivity contribution is 1.26. The molecule has 0 fully saturated rings. The number of rotatable bonds is 2. The third-order valence-corrected chi connectivity index (χ3v) is 1.78. The molecule has 0 aliphatic heterocycles. The van der Waals surface area contributed by atoms with Crippen LogP contribution in [-0.2, 0) is 0 Å². The van der Waals surface area contributed by atoms with Crippen LogP contribution in [0.4, 0.5) is 5.69 Å². The van der Waals surface area contributed by atoms with Crippen LogP contribution in [0.1, 0.15) is 11.3 Å². The van der Waals surface area contributed by atoms with E-state index >= 15 is 0 Å². The minimum atomic E-state index is 0.727. The number of thiol groups is 1. The molecule has 0 saturated heterocycles. The van der Waals surface area contributed by atoms with Crippen LogP contribution in [0.15, 0.2) is 18.3 Å². The molecule has 2 nitrogen and oxygen atoms in total. The lowest BCUT2D eigenvalue weighted by Gasteiger charge is -1.99. The molecule has 12 heavy (non-hydrogen) atoms. The maximum absolute atomic E-state index is 5.62. The Hall–Kier alpha value is -0.960. The molecule has 0 unspecified atom stereocenters. The summed E-state index contributed by atoms with van der Waals surface area (Å²) in [5, 5.41) is 0. The van der Waals surface area contributed by atoms with Crippen molar-refractivity contribution in [3.8, 4) is 0 Å². The van der Waals surface area contributed by atoms with Crippen LogP contribution in [0.3, 0.4) is 0 Å². The van der Waals surface area contributed by atoms with Crippen molar-refractivity contribution in [1.29, 1.82) is 0 Å². The first-order valence-electron chi connectivity index (χ1n) is 3.73. The predicted molar refractivity (Wildman–Crippen MR) is 56.3 cm³/mol. The van der Waals surface area contributed by atoms with Gasteiger partial charge in [0.2, 0.25) is 0 Å². The first-order chi connectivity index (χ1) is 5.74. The normalized spacial score (nSPS) is 10.8. The fourth-order valence-electron chi connectivity index (χ4n) is 0.853.